The second-order valence-corrected chi connectivity index (χ2v) is 6.66. The first-order chi connectivity index (χ1) is 13.7. The van der Waals surface area contributed by atoms with Crippen LogP contribution >= 0.6 is 11.3 Å². The number of imidazole rings is 1. The largest absolute Gasteiger partial charge is 0.454 e. The molecular formula is C17H13F3N4O4S. The molecule has 0 bridgehead atoms. The van der Waals surface area contributed by atoms with Gasteiger partial charge in [-0.1, -0.05) is 12.1 Å². The molecule has 0 radical (unpaired) electrons. The van der Waals surface area contributed by atoms with Crippen LogP contribution in [0, 0.1) is 0 Å². The molecule has 0 unspecified atom stereocenters. The van der Waals surface area contributed by atoms with Crippen LogP contribution in [0.5, 0.6) is 0 Å². The van der Waals surface area contributed by atoms with E-state index in [1.165, 1.54) is 35.7 Å². The van der Waals surface area contributed by atoms with Crippen LogP contribution < -0.4 is 11.1 Å². The summed E-state index contributed by atoms with van der Waals surface area (Å²) >= 11 is 1.04. The van der Waals surface area contributed by atoms with E-state index in [-0.39, 0.29) is 21.6 Å². The normalized spacial score (nSPS) is 11.4. The Bertz CT molecular complexity index is 1090. The van der Waals surface area contributed by atoms with Gasteiger partial charge in [0.15, 0.2) is 6.61 Å². The lowest BCUT2D eigenvalue weighted by molar-refractivity contribution is -0.152. The quantitative estimate of drug-likeness (QED) is 0.587. The minimum atomic E-state index is -4.78. The minimum absolute atomic E-state index is 0.0713. The number of thiophene rings is 1. The fourth-order valence-electron chi connectivity index (χ4n) is 2.54. The summed E-state index contributed by atoms with van der Waals surface area (Å²) in [6, 6.07) is 7.22. The number of nitrogens with two attached hydrogens (primary N) is 1. The van der Waals surface area contributed by atoms with Gasteiger partial charge in [0.25, 0.3) is 11.8 Å². The van der Waals surface area contributed by atoms with E-state index in [1.54, 1.807) is 0 Å². The van der Waals surface area contributed by atoms with Crippen molar-refractivity contribution >= 4 is 45.2 Å². The third-order valence-corrected chi connectivity index (χ3v) is 4.57. The van der Waals surface area contributed by atoms with E-state index in [9.17, 15) is 27.6 Å². The SMILES string of the molecule is NC(=O)c1ccsc1NC(=O)COC(=O)Cn1c(C(F)(F)F)nc2ccccc21. The molecule has 0 aliphatic heterocycles. The average Bonchev–Trinajstić information content (AvgIpc) is 3.25. The van der Waals surface area contributed by atoms with Crippen LogP contribution in [-0.4, -0.2) is 33.9 Å². The van der Waals surface area contributed by atoms with Crippen molar-refractivity contribution in [2.45, 2.75) is 12.7 Å². The number of hydrogen-bond donors (Lipinski definition) is 2. The molecule has 0 saturated heterocycles. The number of nitrogens with one attached hydrogen (secondary N) is 1. The molecule has 2 amide bonds. The van der Waals surface area contributed by atoms with E-state index in [0.717, 1.165) is 11.3 Å². The van der Waals surface area contributed by atoms with Gasteiger partial charge in [0.05, 0.1) is 16.6 Å². The first-order valence-corrected chi connectivity index (χ1v) is 8.90. The summed E-state index contributed by atoms with van der Waals surface area (Å²) < 4.78 is 45.1. The lowest BCUT2D eigenvalue weighted by atomic mass is 10.3. The fourth-order valence-corrected chi connectivity index (χ4v) is 3.34. The summed E-state index contributed by atoms with van der Waals surface area (Å²) in [4.78, 5) is 38.7. The van der Waals surface area contributed by atoms with Crippen LogP contribution in [0.1, 0.15) is 16.2 Å². The highest BCUT2D eigenvalue weighted by Crippen LogP contribution is 2.31. The van der Waals surface area contributed by atoms with Crippen molar-refractivity contribution in [2.24, 2.45) is 5.73 Å². The topological polar surface area (TPSA) is 116 Å². The number of primary amides is 1. The predicted octanol–water partition coefficient (Wildman–Crippen LogP) is 2.40. The maximum absolute atomic E-state index is 13.2. The Morgan fingerprint density at radius 3 is 2.62 bits per heavy atom. The Morgan fingerprint density at radius 2 is 1.93 bits per heavy atom. The third-order valence-electron chi connectivity index (χ3n) is 3.74. The maximum atomic E-state index is 13.2. The van der Waals surface area contributed by atoms with Gasteiger partial charge in [-0.2, -0.15) is 13.2 Å². The summed E-state index contributed by atoms with van der Waals surface area (Å²) in [6.45, 7) is -1.53. The molecule has 0 spiro atoms. The standard InChI is InChI=1S/C17H13F3N4O4S/c18-17(19,20)16-22-10-3-1-2-4-11(10)24(16)7-13(26)28-8-12(25)23-15-9(14(21)27)5-6-29-15/h1-6H,7-8H2,(H2,21,27)(H,23,25). The number of aromatic nitrogens is 2. The van der Waals surface area contributed by atoms with Crippen molar-refractivity contribution in [3.05, 3.63) is 47.1 Å². The number of hydrogen-bond acceptors (Lipinski definition) is 6. The van der Waals surface area contributed by atoms with Crippen molar-refractivity contribution in [3.8, 4) is 0 Å². The molecule has 0 aliphatic rings. The Morgan fingerprint density at radius 1 is 1.21 bits per heavy atom. The zero-order valence-electron chi connectivity index (χ0n) is 14.5. The van der Waals surface area contributed by atoms with Crippen LogP contribution in [0.2, 0.25) is 0 Å². The smallest absolute Gasteiger partial charge is 0.449 e. The van der Waals surface area contributed by atoms with Crippen molar-refractivity contribution in [1.82, 2.24) is 9.55 Å². The first kappa shape index (κ1) is 20.3. The predicted molar refractivity (Wildman–Crippen MR) is 97.2 cm³/mol. The van der Waals surface area contributed by atoms with Gasteiger partial charge in [0.1, 0.15) is 11.5 Å². The molecule has 1 aromatic carbocycles. The molecule has 3 aromatic rings. The lowest BCUT2D eigenvalue weighted by Gasteiger charge is -2.11. The van der Waals surface area contributed by atoms with E-state index >= 15 is 0 Å². The summed E-state index contributed by atoms with van der Waals surface area (Å²) in [5, 5.41) is 4.07. The van der Waals surface area contributed by atoms with E-state index in [4.69, 9.17) is 10.5 Å². The third kappa shape index (κ3) is 4.54. The van der Waals surface area contributed by atoms with E-state index in [1.807, 2.05) is 0 Å². The number of esters is 1. The van der Waals surface area contributed by atoms with Crippen molar-refractivity contribution in [1.29, 1.82) is 0 Å². The highest BCUT2D eigenvalue weighted by molar-refractivity contribution is 7.14. The van der Waals surface area contributed by atoms with E-state index in [0.29, 0.717) is 4.57 Å². The van der Waals surface area contributed by atoms with Gasteiger partial charge in [0.2, 0.25) is 5.82 Å². The number of fused-ring (bicyclic) bond motifs is 1. The number of carbonyl (C=O) groups is 3. The number of para-hydroxylation sites is 2. The number of amides is 2. The fraction of sp³-hybridized carbons (Fsp3) is 0.176. The molecule has 3 N–H and O–H groups in total. The van der Waals surface area contributed by atoms with Crippen molar-refractivity contribution in [3.63, 3.8) is 0 Å². The Kier molecular flexibility index (Phi) is 5.55. The van der Waals surface area contributed by atoms with Crippen LogP contribution in [0.4, 0.5) is 18.2 Å². The van der Waals surface area contributed by atoms with Gasteiger partial charge < -0.3 is 20.4 Å². The summed E-state index contributed by atoms with van der Waals surface area (Å²) in [7, 11) is 0. The molecule has 0 aliphatic carbocycles. The Balaban J connectivity index is 1.67. The number of carbonyl (C=O) groups excluding carboxylic acids is 3. The van der Waals surface area contributed by atoms with Crippen LogP contribution in [-0.2, 0) is 27.0 Å². The molecule has 12 heteroatoms. The number of ether oxygens (including phenoxy) is 1. The number of anilines is 1. The molecule has 0 saturated carbocycles. The summed E-state index contributed by atoms with van der Waals surface area (Å²) in [6.07, 6.45) is -4.78. The molecule has 3 rings (SSSR count). The van der Waals surface area contributed by atoms with Gasteiger partial charge in [-0.25, -0.2) is 4.98 Å². The van der Waals surface area contributed by atoms with E-state index in [2.05, 4.69) is 10.3 Å². The van der Waals surface area contributed by atoms with Gasteiger partial charge in [-0.3, -0.25) is 14.4 Å². The van der Waals surface area contributed by atoms with Gasteiger partial charge >= 0.3 is 12.1 Å². The van der Waals surface area contributed by atoms with Crippen LogP contribution in [0.3, 0.4) is 0 Å². The molecule has 2 heterocycles. The molecule has 0 fully saturated rings. The maximum Gasteiger partial charge on any atom is 0.449 e. The zero-order chi connectivity index (χ0) is 21.2. The number of alkyl halides is 3. The number of nitrogens with zero attached hydrogens (tertiary/aromatic N) is 2. The van der Waals surface area contributed by atoms with Crippen molar-refractivity contribution < 1.29 is 32.3 Å². The lowest BCUT2D eigenvalue weighted by Crippen LogP contribution is -2.25. The monoisotopic (exact) mass is 426 g/mol. The van der Waals surface area contributed by atoms with Gasteiger partial charge in [0, 0.05) is 0 Å². The second kappa shape index (κ2) is 7.91. The summed E-state index contributed by atoms with van der Waals surface area (Å²) in [5.41, 5.74) is 5.42. The van der Waals surface area contributed by atoms with Crippen LogP contribution in [0.25, 0.3) is 11.0 Å². The minimum Gasteiger partial charge on any atom is -0.454 e. The Labute approximate surface area is 165 Å². The molecule has 152 valence electrons. The average molecular weight is 426 g/mol. The molecular weight excluding hydrogens is 413 g/mol. The highest BCUT2D eigenvalue weighted by Gasteiger charge is 2.38. The van der Waals surface area contributed by atoms with Crippen molar-refractivity contribution in [2.75, 3.05) is 11.9 Å². The molecule has 8 nitrogen and oxygen atoms in total. The van der Waals surface area contributed by atoms with Crippen LogP contribution in [0.15, 0.2) is 35.7 Å². The number of halogens is 3. The Hall–Kier alpha value is -3.41. The van der Waals surface area contributed by atoms with E-state index < -0.39 is 42.9 Å². The summed E-state index contributed by atoms with van der Waals surface area (Å²) in [5.74, 6) is -3.82. The molecule has 29 heavy (non-hydrogen) atoms. The first-order valence-electron chi connectivity index (χ1n) is 8.02. The number of benzene rings is 1. The molecule has 0 atom stereocenters. The van der Waals surface area contributed by atoms with Gasteiger partial charge in [-0.15, -0.1) is 11.3 Å². The van der Waals surface area contributed by atoms with Gasteiger partial charge in [-0.05, 0) is 23.6 Å². The zero-order valence-corrected chi connectivity index (χ0v) is 15.3. The number of rotatable bonds is 6. The highest BCUT2D eigenvalue weighted by atomic mass is 32.1. The second-order valence-electron chi connectivity index (χ2n) is 5.74. The molecule has 2 aromatic heterocycles.